The molecule has 0 spiro atoms. The smallest absolute Gasteiger partial charge is 0.266 e. The molecule has 5 heteroatoms. The Balaban J connectivity index is 2.44. The lowest BCUT2D eigenvalue weighted by atomic mass is 10.5. The van der Waals surface area contributed by atoms with Crippen LogP contribution in [0.4, 0.5) is 0 Å². The molecule has 1 amide bonds. The summed E-state index contributed by atoms with van der Waals surface area (Å²) in [6.45, 7) is 1.43. The van der Waals surface area contributed by atoms with E-state index >= 15 is 0 Å². The summed E-state index contributed by atoms with van der Waals surface area (Å²) in [6.07, 6.45) is -1.13. The lowest BCUT2D eigenvalue weighted by Crippen LogP contribution is -2.57. The van der Waals surface area contributed by atoms with Crippen LogP contribution in [-0.2, 0) is 4.79 Å². The van der Waals surface area contributed by atoms with Crippen LogP contribution in [0.15, 0.2) is 0 Å². The van der Waals surface area contributed by atoms with Crippen molar-refractivity contribution in [1.29, 1.82) is 0 Å². The summed E-state index contributed by atoms with van der Waals surface area (Å²) in [7, 11) is 1.67. The SMILES string of the molecule is CN1[CH]NC(=O)C(O)N1. The fourth-order valence-corrected chi connectivity index (χ4v) is 0.528. The molecule has 0 aromatic heterocycles. The molecule has 5 nitrogen and oxygen atoms in total. The maximum Gasteiger partial charge on any atom is 0.266 e. The van der Waals surface area contributed by atoms with Crippen molar-refractivity contribution in [2.45, 2.75) is 6.23 Å². The Labute approximate surface area is 52.6 Å². The van der Waals surface area contributed by atoms with Crippen LogP contribution in [0.3, 0.4) is 0 Å². The van der Waals surface area contributed by atoms with Gasteiger partial charge in [-0.2, -0.15) is 0 Å². The molecule has 1 radical (unpaired) electrons. The minimum absolute atomic E-state index is 0.437. The Kier molecular flexibility index (Phi) is 1.65. The first-order valence-corrected chi connectivity index (χ1v) is 2.51. The topological polar surface area (TPSA) is 64.6 Å². The quantitative estimate of drug-likeness (QED) is 0.354. The number of hydrogen-bond acceptors (Lipinski definition) is 4. The summed E-state index contributed by atoms with van der Waals surface area (Å²) in [5.41, 5.74) is 2.45. The van der Waals surface area contributed by atoms with E-state index in [0.29, 0.717) is 0 Å². The third-order valence-corrected chi connectivity index (χ3v) is 0.975. The molecule has 51 valence electrons. The number of hydrazine groups is 1. The van der Waals surface area contributed by atoms with Gasteiger partial charge in [-0.15, -0.1) is 0 Å². The fraction of sp³-hybridized carbons (Fsp3) is 0.500. The normalized spacial score (nSPS) is 30.0. The maximum atomic E-state index is 10.5. The third kappa shape index (κ3) is 1.38. The van der Waals surface area contributed by atoms with Crippen LogP contribution >= 0.6 is 0 Å². The van der Waals surface area contributed by atoms with Crippen molar-refractivity contribution in [3.05, 3.63) is 6.67 Å². The molecule has 9 heavy (non-hydrogen) atoms. The predicted molar refractivity (Wildman–Crippen MR) is 29.3 cm³/mol. The van der Waals surface area contributed by atoms with Crippen LogP contribution < -0.4 is 10.7 Å². The summed E-state index contributed by atoms with van der Waals surface area (Å²) in [5.74, 6) is -0.437. The number of carbonyl (C=O) groups is 1. The number of hydrogen-bond donors (Lipinski definition) is 3. The van der Waals surface area contributed by atoms with E-state index in [1.807, 2.05) is 0 Å². The number of amides is 1. The van der Waals surface area contributed by atoms with Crippen LogP contribution in [0.1, 0.15) is 0 Å². The first kappa shape index (κ1) is 6.47. The van der Waals surface area contributed by atoms with Gasteiger partial charge in [-0.1, -0.05) is 0 Å². The molecular formula is C4H8N3O2. The number of nitrogens with one attached hydrogen (secondary N) is 2. The Morgan fingerprint density at radius 2 is 2.56 bits per heavy atom. The van der Waals surface area contributed by atoms with Gasteiger partial charge in [-0.05, 0) is 0 Å². The zero-order valence-corrected chi connectivity index (χ0v) is 4.96. The van der Waals surface area contributed by atoms with Crippen LogP contribution in [0.2, 0.25) is 0 Å². The van der Waals surface area contributed by atoms with Gasteiger partial charge in [-0.25, -0.2) is 10.4 Å². The average molecular weight is 130 g/mol. The minimum Gasteiger partial charge on any atom is -0.369 e. The van der Waals surface area contributed by atoms with Gasteiger partial charge < -0.3 is 10.4 Å². The van der Waals surface area contributed by atoms with Crippen LogP contribution in [0.5, 0.6) is 0 Å². The van der Waals surface area contributed by atoms with Crippen molar-refractivity contribution < 1.29 is 9.90 Å². The Morgan fingerprint density at radius 3 is 3.00 bits per heavy atom. The monoisotopic (exact) mass is 130 g/mol. The zero-order chi connectivity index (χ0) is 6.85. The van der Waals surface area contributed by atoms with E-state index in [2.05, 4.69) is 10.7 Å². The Morgan fingerprint density at radius 1 is 1.89 bits per heavy atom. The summed E-state index contributed by atoms with van der Waals surface area (Å²) >= 11 is 0. The second-order valence-corrected chi connectivity index (χ2v) is 1.78. The number of nitrogens with zero attached hydrogens (tertiary/aromatic N) is 1. The third-order valence-electron chi connectivity index (χ3n) is 0.975. The van der Waals surface area contributed by atoms with Crippen molar-refractivity contribution in [2.24, 2.45) is 0 Å². The van der Waals surface area contributed by atoms with E-state index in [4.69, 9.17) is 5.11 Å². The van der Waals surface area contributed by atoms with E-state index in [0.717, 1.165) is 0 Å². The molecule has 1 heterocycles. The molecule has 0 aliphatic carbocycles. The van der Waals surface area contributed by atoms with E-state index in [1.165, 1.54) is 11.7 Å². The number of aliphatic hydroxyl groups is 1. The van der Waals surface area contributed by atoms with Gasteiger partial charge in [0.05, 0.1) is 0 Å². The number of carbonyl (C=O) groups excluding carboxylic acids is 1. The van der Waals surface area contributed by atoms with E-state index in [-0.39, 0.29) is 0 Å². The first-order valence-electron chi connectivity index (χ1n) is 2.51. The van der Waals surface area contributed by atoms with Gasteiger partial charge in [0.2, 0.25) is 0 Å². The molecule has 3 N–H and O–H groups in total. The lowest BCUT2D eigenvalue weighted by Gasteiger charge is -2.26. The highest BCUT2D eigenvalue weighted by Crippen LogP contribution is 1.89. The van der Waals surface area contributed by atoms with E-state index in [9.17, 15) is 4.79 Å². The summed E-state index contributed by atoms with van der Waals surface area (Å²) in [6, 6.07) is 0. The second-order valence-electron chi connectivity index (χ2n) is 1.78. The molecule has 1 aliphatic heterocycles. The fourth-order valence-electron chi connectivity index (χ4n) is 0.528. The van der Waals surface area contributed by atoms with Crippen molar-refractivity contribution in [3.63, 3.8) is 0 Å². The van der Waals surface area contributed by atoms with Gasteiger partial charge in [0.15, 0.2) is 6.23 Å². The minimum atomic E-state index is -1.13. The van der Waals surface area contributed by atoms with Crippen molar-refractivity contribution >= 4 is 5.91 Å². The molecule has 0 saturated carbocycles. The first-order chi connectivity index (χ1) is 4.20. The van der Waals surface area contributed by atoms with Gasteiger partial charge in [-0.3, -0.25) is 4.79 Å². The van der Waals surface area contributed by atoms with Crippen LogP contribution in [0.25, 0.3) is 0 Å². The zero-order valence-electron chi connectivity index (χ0n) is 4.96. The van der Waals surface area contributed by atoms with Crippen molar-refractivity contribution in [3.8, 4) is 0 Å². The standard InChI is InChI=1S/C4H8N3O2/c1-7-2-5-3(8)4(9)6-7/h2,4,6,9H,1H3,(H,5,8). The summed E-state index contributed by atoms with van der Waals surface area (Å²) < 4.78 is 0. The Bertz CT molecular complexity index is 127. The van der Waals surface area contributed by atoms with Crippen molar-refractivity contribution in [2.75, 3.05) is 7.05 Å². The number of rotatable bonds is 0. The second kappa shape index (κ2) is 2.30. The molecule has 1 atom stereocenters. The van der Waals surface area contributed by atoms with E-state index in [1.54, 1.807) is 7.05 Å². The molecule has 0 aromatic rings. The molecular weight excluding hydrogens is 122 g/mol. The van der Waals surface area contributed by atoms with Crippen molar-refractivity contribution in [1.82, 2.24) is 15.8 Å². The van der Waals surface area contributed by atoms with Gasteiger partial charge in [0.25, 0.3) is 5.91 Å². The molecule has 0 aromatic carbocycles. The number of aliphatic hydroxyl groups excluding tert-OH is 1. The van der Waals surface area contributed by atoms with Gasteiger partial charge >= 0.3 is 0 Å². The highest BCUT2D eigenvalue weighted by Gasteiger charge is 2.21. The van der Waals surface area contributed by atoms with Gasteiger partial charge in [0.1, 0.15) is 6.67 Å². The van der Waals surface area contributed by atoms with Crippen LogP contribution in [-0.4, -0.2) is 29.3 Å². The lowest BCUT2D eigenvalue weighted by molar-refractivity contribution is -0.137. The molecule has 1 unspecified atom stereocenters. The predicted octanol–water partition coefficient (Wildman–Crippen LogP) is -2.01. The highest BCUT2D eigenvalue weighted by atomic mass is 16.3. The molecule has 1 rings (SSSR count). The van der Waals surface area contributed by atoms with Gasteiger partial charge in [0, 0.05) is 7.05 Å². The maximum absolute atomic E-state index is 10.5. The molecule has 1 aliphatic rings. The molecule has 0 bridgehead atoms. The summed E-state index contributed by atoms with van der Waals surface area (Å²) in [5, 5.41) is 12.6. The van der Waals surface area contributed by atoms with E-state index < -0.39 is 12.1 Å². The highest BCUT2D eigenvalue weighted by molar-refractivity contribution is 5.81. The Hall–Kier alpha value is -0.650. The largest absolute Gasteiger partial charge is 0.369 e. The average Bonchev–Trinajstić information content (AvgIpc) is 1.80. The molecule has 1 saturated heterocycles. The van der Waals surface area contributed by atoms with Crippen LogP contribution in [0, 0.1) is 6.67 Å². The summed E-state index contributed by atoms with van der Waals surface area (Å²) in [4.78, 5) is 10.5. The molecule has 1 fully saturated rings.